The van der Waals surface area contributed by atoms with Crippen molar-refractivity contribution in [2.24, 2.45) is 7.05 Å². The van der Waals surface area contributed by atoms with Gasteiger partial charge in [0.2, 0.25) is 5.95 Å². The number of aliphatic hydroxyl groups is 1. The third-order valence-electron chi connectivity index (χ3n) is 5.51. The van der Waals surface area contributed by atoms with Crippen molar-refractivity contribution in [3.63, 3.8) is 0 Å². The molecule has 0 spiro atoms. The summed E-state index contributed by atoms with van der Waals surface area (Å²) >= 11 is 0. The maximum atomic E-state index is 13.3. The number of nitrogens with zero attached hydrogens (tertiary/aromatic N) is 8. The van der Waals surface area contributed by atoms with Gasteiger partial charge in [-0.1, -0.05) is 0 Å². The molecule has 0 bridgehead atoms. The van der Waals surface area contributed by atoms with E-state index in [1.54, 1.807) is 42.5 Å². The molecule has 0 aromatic carbocycles. The van der Waals surface area contributed by atoms with Gasteiger partial charge in [0.05, 0.1) is 41.9 Å². The fourth-order valence-corrected chi connectivity index (χ4v) is 3.62. The lowest BCUT2D eigenvalue weighted by Crippen LogP contribution is -2.25. The van der Waals surface area contributed by atoms with Gasteiger partial charge in [0.25, 0.3) is 5.56 Å². The van der Waals surface area contributed by atoms with Crippen molar-refractivity contribution < 1.29 is 5.11 Å². The highest BCUT2D eigenvalue weighted by molar-refractivity contribution is 5.93. The second-order valence-electron chi connectivity index (χ2n) is 7.91. The molecule has 0 radical (unpaired) electrons. The lowest BCUT2D eigenvalue weighted by Gasteiger charge is -2.14. The Balaban J connectivity index is 1.68. The molecular formula is C23H21N9O2. The Labute approximate surface area is 193 Å². The molecule has 3 N–H and O–H groups in total. The molecule has 0 saturated heterocycles. The topological polar surface area (TPSA) is 151 Å². The molecule has 170 valence electrons. The molecule has 0 saturated carbocycles. The molecule has 11 nitrogen and oxygen atoms in total. The SMILES string of the molecule is C[C@@H](CO)n1cnc2c(-c3cnn(C)c3)nc(-c3ccc(-c4cnc(N)nc4)nc3)cc2c1=O. The van der Waals surface area contributed by atoms with E-state index in [1.165, 1.54) is 10.9 Å². The van der Waals surface area contributed by atoms with Gasteiger partial charge in [0.1, 0.15) is 11.2 Å². The summed E-state index contributed by atoms with van der Waals surface area (Å²) in [7, 11) is 1.81. The Kier molecular flexibility index (Phi) is 5.30. The molecule has 0 unspecified atom stereocenters. The number of nitrogen functional groups attached to an aromatic ring is 1. The summed E-state index contributed by atoms with van der Waals surface area (Å²) in [6, 6.07) is 4.99. The fraction of sp³-hybridized carbons (Fsp3) is 0.174. The van der Waals surface area contributed by atoms with Gasteiger partial charge in [-0.3, -0.25) is 19.0 Å². The first-order valence-electron chi connectivity index (χ1n) is 10.5. The number of aryl methyl sites for hydroxylation is 1. The number of anilines is 1. The van der Waals surface area contributed by atoms with Gasteiger partial charge in [-0.05, 0) is 25.1 Å². The molecule has 0 aliphatic heterocycles. The van der Waals surface area contributed by atoms with Crippen LogP contribution in [0.15, 0.2) is 60.3 Å². The lowest BCUT2D eigenvalue weighted by molar-refractivity contribution is 0.236. The molecule has 5 heterocycles. The quantitative estimate of drug-likeness (QED) is 0.404. The summed E-state index contributed by atoms with van der Waals surface area (Å²) in [5.41, 5.74) is 9.73. The van der Waals surface area contributed by atoms with E-state index in [2.05, 4.69) is 25.0 Å². The highest BCUT2D eigenvalue weighted by Gasteiger charge is 2.17. The van der Waals surface area contributed by atoms with Gasteiger partial charge in [-0.15, -0.1) is 0 Å². The van der Waals surface area contributed by atoms with E-state index in [0.717, 1.165) is 16.7 Å². The van der Waals surface area contributed by atoms with Crippen LogP contribution in [0.5, 0.6) is 0 Å². The molecule has 5 aromatic rings. The number of pyridine rings is 2. The number of nitrogens with two attached hydrogens (primary N) is 1. The zero-order valence-electron chi connectivity index (χ0n) is 18.5. The van der Waals surface area contributed by atoms with Crippen molar-refractivity contribution in [3.05, 3.63) is 65.9 Å². The third-order valence-corrected chi connectivity index (χ3v) is 5.51. The largest absolute Gasteiger partial charge is 0.394 e. The van der Waals surface area contributed by atoms with Crippen molar-refractivity contribution in [3.8, 4) is 33.8 Å². The van der Waals surface area contributed by atoms with Crippen LogP contribution in [-0.2, 0) is 7.05 Å². The van der Waals surface area contributed by atoms with E-state index >= 15 is 0 Å². The molecular weight excluding hydrogens is 434 g/mol. The van der Waals surface area contributed by atoms with Gasteiger partial charge in [-0.25, -0.2) is 19.9 Å². The summed E-state index contributed by atoms with van der Waals surface area (Å²) in [6.45, 7) is 1.57. The second kappa shape index (κ2) is 8.45. The highest BCUT2D eigenvalue weighted by atomic mass is 16.3. The van der Waals surface area contributed by atoms with Gasteiger partial charge in [0, 0.05) is 48.5 Å². The van der Waals surface area contributed by atoms with Crippen LogP contribution >= 0.6 is 0 Å². The average molecular weight is 455 g/mol. The van der Waals surface area contributed by atoms with E-state index in [1.807, 2.05) is 25.4 Å². The standard InChI is InChI=1S/C23H21N9O2/c1-13(11-33)32-12-28-21-17(22(32)34)5-19(30-20(21)16-9-29-31(2)10-16)14-3-4-18(25-6-14)15-7-26-23(24)27-8-15/h3-10,12-13,33H,11H2,1-2H3,(H2,24,26,27)/t13-/m0/s1. The first-order chi connectivity index (χ1) is 16.4. The third kappa shape index (κ3) is 3.77. The van der Waals surface area contributed by atoms with E-state index in [-0.39, 0.29) is 18.1 Å². The van der Waals surface area contributed by atoms with E-state index in [0.29, 0.717) is 28.0 Å². The van der Waals surface area contributed by atoms with Gasteiger partial charge in [0.15, 0.2) is 0 Å². The van der Waals surface area contributed by atoms with Crippen molar-refractivity contribution in [1.82, 2.24) is 39.3 Å². The minimum absolute atomic E-state index is 0.180. The van der Waals surface area contributed by atoms with Crippen molar-refractivity contribution >= 4 is 16.9 Å². The smallest absolute Gasteiger partial charge is 0.261 e. The van der Waals surface area contributed by atoms with E-state index < -0.39 is 6.04 Å². The maximum absolute atomic E-state index is 13.3. The number of fused-ring (bicyclic) bond motifs is 1. The van der Waals surface area contributed by atoms with Crippen molar-refractivity contribution in [2.45, 2.75) is 13.0 Å². The summed E-state index contributed by atoms with van der Waals surface area (Å²) < 4.78 is 3.08. The predicted molar refractivity (Wildman–Crippen MR) is 126 cm³/mol. The van der Waals surface area contributed by atoms with Crippen molar-refractivity contribution in [2.75, 3.05) is 12.3 Å². The molecule has 0 aliphatic carbocycles. The Morgan fingerprint density at radius 1 is 1.00 bits per heavy atom. The maximum Gasteiger partial charge on any atom is 0.261 e. The molecule has 5 rings (SSSR count). The van der Waals surface area contributed by atoms with Crippen LogP contribution in [0.4, 0.5) is 5.95 Å². The highest BCUT2D eigenvalue weighted by Crippen LogP contribution is 2.29. The Morgan fingerprint density at radius 3 is 2.41 bits per heavy atom. The zero-order valence-corrected chi connectivity index (χ0v) is 18.5. The zero-order chi connectivity index (χ0) is 23.8. The summed E-state index contributed by atoms with van der Waals surface area (Å²) in [4.78, 5) is 35.1. The lowest BCUT2D eigenvalue weighted by atomic mass is 10.1. The van der Waals surface area contributed by atoms with Gasteiger partial charge >= 0.3 is 0 Å². The van der Waals surface area contributed by atoms with E-state index in [4.69, 9.17) is 10.7 Å². The minimum Gasteiger partial charge on any atom is -0.394 e. The molecule has 5 aromatic heterocycles. The summed E-state index contributed by atoms with van der Waals surface area (Å²) in [5, 5.41) is 14.2. The number of hydrogen-bond donors (Lipinski definition) is 2. The number of hydrogen-bond acceptors (Lipinski definition) is 9. The van der Waals surface area contributed by atoms with Gasteiger partial charge in [-0.2, -0.15) is 5.10 Å². The number of rotatable bonds is 5. The molecule has 0 fully saturated rings. The molecule has 1 atom stereocenters. The van der Waals surface area contributed by atoms with Crippen LogP contribution in [0.25, 0.3) is 44.7 Å². The number of aromatic nitrogens is 8. The van der Waals surface area contributed by atoms with Gasteiger partial charge < -0.3 is 10.8 Å². The Hall–Kier alpha value is -4.51. The predicted octanol–water partition coefficient (Wildman–Crippen LogP) is 1.85. The van der Waals surface area contributed by atoms with Crippen molar-refractivity contribution in [1.29, 1.82) is 0 Å². The normalized spacial score (nSPS) is 12.2. The Bertz CT molecular complexity index is 1540. The summed E-state index contributed by atoms with van der Waals surface area (Å²) in [6.07, 6.45) is 9.83. The molecule has 0 aliphatic rings. The first kappa shape index (κ1) is 21.3. The Morgan fingerprint density at radius 2 is 1.76 bits per heavy atom. The first-order valence-corrected chi connectivity index (χ1v) is 10.5. The van der Waals surface area contributed by atoms with Crippen LogP contribution in [-0.4, -0.2) is 51.0 Å². The molecule has 11 heteroatoms. The minimum atomic E-state index is -0.411. The summed E-state index contributed by atoms with van der Waals surface area (Å²) in [5.74, 6) is 0.193. The monoisotopic (exact) mass is 455 g/mol. The fourth-order valence-electron chi connectivity index (χ4n) is 3.62. The molecule has 0 amide bonds. The molecule has 34 heavy (non-hydrogen) atoms. The van der Waals surface area contributed by atoms with Crippen LogP contribution in [0.3, 0.4) is 0 Å². The van der Waals surface area contributed by atoms with Crippen LogP contribution < -0.4 is 11.3 Å². The van der Waals surface area contributed by atoms with Crippen LogP contribution in [0.1, 0.15) is 13.0 Å². The average Bonchev–Trinajstić information content (AvgIpc) is 3.30. The van der Waals surface area contributed by atoms with Crippen LogP contribution in [0.2, 0.25) is 0 Å². The number of aliphatic hydroxyl groups excluding tert-OH is 1. The second-order valence-corrected chi connectivity index (χ2v) is 7.91. The van der Waals surface area contributed by atoms with E-state index in [9.17, 15) is 9.90 Å². The van der Waals surface area contributed by atoms with Crippen LogP contribution in [0, 0.1) is 0 Å².